The zero-order valence-electron chi connectivity index (χ0n) is 20.6. The Morgan fingerprint density at radius 2 is 1.97 bits per heavy atom. The van der Waals surface area contributed by atoms with Crippen LogP contribution in [0.15, 0.2) is 60.8 Å². The van der Waals surface area contributed by atoms with Crippen molar-refractivity contribution in [1.82, 2.24) is 4.98 Å². The van der Waals surface area contributed by atoms with E-state index in [0.29, 0.717) is 34.1 Å². The molecule has 0 saturated heterocycles. The molecule has 1 heterocycles. The van der Waals surface area contributed by atoms with Gasteiger partial charge < -0.3 is 24.8 Å². The fourth-order valence-electron chi connectivity index (χ4n) is 4.05. The molecule has 2 N–H and O–H groups in total. The normalized spacial score (nSPS) is 13.3. The molecule has 0 atom stereocenters. The fraction of sp³-hybridized carbons (Fsp3) is 0.250. The molecule has 0 unspecified atom stereocenters. The number of benzene rings is 2. The molecule has 8 nitrogen and oxygen atoms in total. The molecule has 1 aliphatic carbocycles. The van der Waals surface area contributed by atoms with E-state index in [9.17, 15) is 13.6 Å². The van der Waals surface area contributed by atoms with Gasteiger partial charge in [0.1, 0.15) is 17.6 Å². The first kappa shape index (κ1) is 26.4. The number of ether oxygens (including phenoxy) is 3. The van der Waals surface area contributed by atoms with Crippen molar-refractivity contribution >= 4 is 29.2 Å². The predicted molar refractivity (Wildman–Crippen MR) is 139 cm³/mol. The van der Waals surface area contributed by atoms with E-state index in [1.165, 1.54) is 30.5 Å². The zero-order chi connectivity index (χ0) is 26.9. The van der Waals surface area contributed by atoms with Gasteiger partial charge in [0.15, 0.2) is 11.5 Å². The van der Waals surface area contributed by atoms with Crippen LogP contribution in [0.3, 0.4) is 0 Å². The maximum Gasteiger partial charge on any atom is 0.387 e. The highest BCUT2D eigenvalue weighted by molar-refractivity contribution is 6.04. The minimum absolute atomic E-state index is 0.0920. The van der Waals surface area contributed by atoms with Crippen LogP contribution in [0.1, 0.15) is 36.8 Å². The van der Waals surface area contributed by atoms with Gasteiger partial charge in [0.2, 0.25) is 5.91 Å². The molecule has 0 radical (unpaired) electrons. The molecule has 1 saturated carbocycles. The van der Waals surface area contributed by atoms with Gasteiger partial charge in [0, 0.05) is 23.9 Å². The summed E-state index contributed by atoms with van der Waals surface area (Å²) in [7, 11) is 1.56. The first-order valence-corrected chi connectivity index (χ1v) is 12.0. The SMILES string of the molecule is COc1cccc(/C=C/C(=O)Nc2cc(OC(F)F)ccc2Nc2ccc(C#N)cn2)c1OC1CCCC1. The first-order valence-electron chi connectivity index (χ1n) is 12.0. The van der Waals surface area contributed by atoms with Gasteiger partial charge in [0.25, 0.3) is 0 Å². The van der Waals surface area contributed by atoms with Crippen LogP contribution in [0.5, 0.6) is 17.2 Å². The van der Waals surface area contributed by atoms with Gasteiger partial charge in [-0.2, -0.15) is 14.0 Å². The summed E-state index contributed by atoms with van der Waals surface area (Å²) in [4.78, 5) is 17.0. The van der Waals surface area contributed by atoms with Crippen LogP contribution < -0.4 is 24.8 Å². The van der Waals surface area contributed by atoms with Crippen LogP contribution in [0.2, 0.25) is 0 Å². The standard InChI is InChI=1S/C28H26F2N4O4/c1-36-24-8-4-5-19(27(24)37-20-6-2-3-7-20)10-14-26(35)34-23-15-21(38-28(29)30)11-12-22(23)33-25-13-9-18(16-31)17-32-25/h4-5,8-15,17,20,28H,2-3,6-7H2,1H3,(H,32,33)(H,34,35)/b14-10+. The monoisotopic (exact) mass is 520 g/mol. The maximum absolute atomic E-state index is 12.9. The molecular weight excluding hydrogens is 494 g/mol. The number of alkyl halides is 2. The van der Waals surface area contributed by atoms with E-state index in [-0.39, 0.29) is 17.5 Å². The van der Waals surface area contributed by atoms with Crippen LogP contribution in [0.25, 0.3) is 6.08 Å². The van der Waals surface area contributed by atoms with Gasteiger partial charge in [0.05, 0.1) is 30.2 Å². The Morgan fingerprint density at radius 3 is 2.66 bits per heavy atom. The van der Waals surface area contributed by atoms with Crippen LogP contribution in [-0.2, 0) is 4.79 Å². The van der Waals surface area contributed by atoms with Crippen molar-refractivity contribution in [2.45, 2.75) is 38.4 Å². The lowest BCUT2D eigenvalue weighted by Crippen LogP contribution is -2.13. The highest BCUT2D eigenvalue weighted by Gasteiger charge is 2.20. The van der Waals surface area contributed by atoms with Crippen molar-refractivity contribution in [3.63, 3.8) is 0 Å². The molecule has 1 aliphatic rings. The van der Waals surface area contributed by atoms with Gasteiger partial charge >= 0.3 is 6.61 Å². The second kappa shape index (κ2) is 12.5. The summed E-state index contributed by atoms with van der Waals surface area (Å²) in [6, 6.07) is 14.7. The number of carbonyl (C=O) groups is 1. The third-order valence-corrected chi connectivity index (χ3v) is 5.86. The largest absolute Gasteiger partial charge is 0.493 e. The Labute approximate surface area is 218 Å². The number of nitriles is 1. The molecule has 3 aromatic rings. The number of pyridine rings is 1. The number of carbonyl (C=O) groups excluding carboxylic acids is 1. The van der Waals surface area contributed by atoms with Crippen molar-refractivity contribution in [2.75, 3.05) is 17.7 Å². The van der Waals surface area contributed by atoms with E-state index in [1.54, 1.807) is 37.5 Å². The fourth-order valence-corrected chi connectivity index (χ4v) is 4.05. The molecule has 1 fully saturated rings. The van der Waals surface area contributed by atoms with Crippen LogP contribution in [0, 0.1) is 11.3 Å². The number of methoxy groups -OCH3 is 1. The van der Waals surface area contributed by atoms with Gasteiger partial charge in [-0.25, -0.2) is 4.98 Å². The molecule has 2 aromatic carbocycles. The molecule has 1 amide bonds. The van der Waals surface area contributed by atoms with E-state index in [0.717, 1.165) is 25.7 Å². The van der Waals surface area contributed by atoms with E-state index < -0.39 is 12.5 Å². The Balaban J connectivity index is 1.55. The van der Waals surface area contributed by atoms with Gasteiger partial charge in [-0.1, -0.05) is 12.1 Å². The second-order valence-corrected chi connectivity index (χ2v) is 8.48. The molecule has 196 valence electrons. The smallest absolute Gasteiger partial charge is 0.387 e. The number of rotatable bonds is 10. The van der Waals surface area contributed by atoms with Crippen LogP contribution in [0.4, 0.5) is 26.0 Å². The number of hydrogen-bond acceptors (Lipinski definition) is 7. The highest BCUT2D eigenvalue weighted by Crippen LogP contribution is 2.36. The molecule has 38 heavy (non-hydrogen) atoms. The summed E-state index contributed by atoms with van der Waals surface area (Å²) in [6.07, 6.45) is 8.54. The van der Waals surface area contributed by atoms with Crippen molar-refractivity contribution < 1.29 is 27.8 Å². The van der Waals surface area contributed by atoms with Gasteiger partial charge in [-0.05, 0) is 62.1 Å². The van der Waals surface area contributed by atoms with E-state index in [2.05, 4.69) is 20.4 Å². The number of halogens is 2. The number of nitrogens with one attached hydrogen (secondary N) is 2. The summed E-state index contributed by atoms with van der Waals surface area (Å²) in [5.41, 5.74) is 1.62. The Kier molecular flexibility index (Phi) is 8.72. The average molecular weight is 521 g/mol. The minimum Gasteiger partial charge on any atom is -0.493 e. The molecule has 1 aromatic heterocycles. The summed E-state index contributed by atoms with van der Waals surface area (Å²) < 4.78 is 41.7. The Morgan fingerprint density at radius 1 is 1.16 bits per heavy atom. The molecule has 0 bridgehead atoms. The number of anilines is 3. The Bertz CT molecular complexity index is 1330. The maximum atomic E-state index is 12.9. The lowest BCUT2D eigenvalue weighted by atomic mass is 10.1. The molecule has 4 rings (SSSR count). The number of amides is 1. The number of nitrogens with zero attached hydrogens (tertiary/aromatic N) is 2. The van der Waals surface area contributed by atoms with Crippen molar-refractivity contribution in [3.05, 3.63) is 71.9 Å². The molecule has 0 aliphatic heterocycles. The van der Waals surface area contributed by atoms with Crippen molar-refractivity contribution in [2.24, 2.45) is 0 Å². The molecule has 0 spiro atoms. The predicted octanol–water partition coefficient (Wildman–Crippen LogP) is 6.28. The van der Waals surface area contributed by atoms with E-state index >= 15 is 0 Å². The first-order chi connectivity index (χ1) is 18.4. The number of hydrogen-bond donors (Lipinski definition) is 2. The minimum atomic E-state index is -3.02. The number of aromatic nitrogens is 1. The number of para-hydroxylation sites is 1. The quantitative estimate of drug-likeness (QED) is 0.303. The van der Waals surface area contributed by atoms with Crippen molar-refractivity contribution in [3.8, 4) is 23.3 Å². The zero-order valence-corrected chi connectivity index (χ0v) is 20.6. The lowest BCUT2D eigenvalue weighted by molar-refractivity contribution is -0.111. The molecule has 10 heteroatoms. The second-order valence-electron chi connectivity index (χ2n) is 8.48. The Hall–Kier alpha value is -4.65. The van der Waals surface area contributed by atoms with E-state index in [1.807, 2.05) is 12.1 Å². The average Bonchev–Trinajstić information content (AvgIpc) is 3.43. The lowest BCUT2D eigenvalue weighted by Gasteiger charge is -2.18. The van der Waals surface area contributed by atoms with Gasteiger partial charge in [-0.3, -0.25) is 4.79 Å². The summed E-state index contributed by atoms with van der Waals surface area (Å²) in [6.45, 7) is -3.02. The van der Waals surface area contributed by atoms with Crippen LogP contribution >= 0.6 is 0 Å². The van der Waals surface area contributed by atoms with Crippen LogP contribution in [-0.4, -0.2) is 30.7 Å². The van der Waals surface area contributed by atoms with Gasteiger partial charge in [-0.15, -0.1) is 0 Å². The molecular formula is C28H26F2N4O4. The summed E-state index contributed by atoms with van der Waals surface area (Å²) in [5, 5.41) is 14.7. The van der Waals surface area contributed by atoms with E-state index in [4.69, 9.17) is 14.7 Å². The summed E-state index contributed by atoms with van der Waals surface area (Å²) >= 11 is 0. The third-order valence-electron chi connectivity index (χ3n) is 5.86. The van der Waals surface area contributed by atoms with Crippen molar-refractivity contribution in [1.29, 1.82) is 5.26 Å². The third kappa shape index (κ3) is 6.97. The highest BCUT2D eigenvalue weighted by atomic mass is 19.3. The topological polar surface area (TPSA) is 106 Å². The summed E-state index contributed by atoms with van der Waals surface area (Å²) in [5.74, 6) is 0.884.